The molecule has 0 atom stereocenters. The van der Waals surface area contributed by atoms with Crippen molar-refractivity contribution in [1.82, 2.24) is 19.9 Å². The van der Waals surface area contributed by atoms with E-state index in [2.05, 4.69) is 15.0 Å². The Morgan fingerprint density at radius 1 is 1.00 bits per heavy atom. The largest absolute Gasteiger partial charge is 0.338 e. The second kappa shape index (κ2) is 7.67. The quantitative estimate of drug-likeness (QED) is 0.711. The highest BCUT2D eigenvalue weighted by atomic mass is 19.1. The number of rotatable bonds is 4. The first-order valence-corrected chi connectivity index (χ1v) is 8.84. The smallest absolute Gasteiger partial charge is 0.253 e. The van der Waals surface area contributed by atoms with Gasteiger partial charge in [-0.05, 0) is 24.3 Å². The monoisotopic (exact) mass is 366 g/mol. The van der Waals surface area contributed by atoms with E-state index in [0.717, 1.165) is 18.7 Å². The molecule has 1 amide bonds. The lowest BCUT2D eigenvalue weighted by Gasteiger charge is -2.34. The fraction of sp³-hybridized carbons (Fsp3) is 0.250. The highest BCUT2D eigenvalue weighted by Gasteiger charge is 2.23. The van der Waals surface area contributed by atoms with Gasteiger partial charge in [-0.3, -0.25) is 9.69 Å². The first-order chi connectivity index (χ1) is 13.2. The van der Waals surface area contributed by atoms with E-state index in [-0.39, 0.29) is 11.7 Å². The number of piperazine rings is 1. The number of hydrogen-bond acceptors (Lipinski definition) is 5. The van der Waals surface area contributed by atoms with Gasteiger partial charge in [0.15, 0.2) is 0 Å². The van der Waals surface area contributed by atoms with Gasteiger partial charge >= 0.3 is 0 Å². The van der Waals surface area contributed by atoms with Crippen molar-refractivity contribution in [3.8, 4) is 11.4 Å². The molecular formula is C20H19FN4O2. The third-order valence-electron chi connectivity index (χ3n) is 4.61. The summed E-state index contributed by atoms with van der Waals surface area (Å²) in [5.74, 6) is 0.729. The van der Waals surface area contributed by atoms with Crippen molar-refractivity contribution >= 4 is 5.91 Å². The van der Waals surface area contributed by atoms with E-state index in [1.165, 1.54) is 24.3 Å². The van der Waals surface area contributed by atoms with Crippen LogP contribution >= 0.6 is 0 Å². The summed E-state index contributed by atoms with van der Waals surface area (Å²) < 4.78 is 18.4. The zero-order valence-corrected chi connectivity index (χ0v) is 14.7. The van der Waals surface area contributed by atoms with Crippen molar-refractivity contribution < 1.29 is 13.7 Å². The number of nitrogens with zero attached hydrogens (tertiary/aromatic N) is 4. The molecular weight excluding hydrogens is 347 g/mol. The molecule has 1 aliphatic rings. The summed E-state index contributed by atoms with van der Waals surface area (Å²) in [6.07, 6.45) is 0. The average molecular weight is 366 g/mol. The molecule has 1 saturated heterocycles. The molecule has 6 nitrogen and oxygen atoms in total. The maximum Gasteiger partial charge on any atom is 0.253 e. The van der Waals surface area contributed by atoms with Crippen LogP contribution < -0.4 is 0 Å². The maximum atomic E-state index is 13.0. The van der Waals surface area contributed by atoms with Gasteiger partial charge in [-0.2, -0.15) is 4.98 Å². The van der Waals surface area contributed by atoms with Crippen molar-refractivity contribution in [3.05, 3.63) is 71.9 Å². The van der Waals surface area contributed by atoms with Gasteiger partial charge in [-0.1, -0.05) is 35.5 Å². The molecule has 2 aromatic carbocycles. The molecule has 0 saturated carbocycles. The number of hydrogen-bond donors (Lipinski definition) is 0. The Bertz CT molecular complexity index is 903. The standard InChI is InChI=1S/C20H19FN4O2/c21-17-8-6-16(7-9-17)20(26)25-12-10-24(11-13-25)14-18-22-19(23-27-18)15-4-2-1-3-5-15/h1-9H,10-14H2. The molecule has 1 fully saturated rings. The number of benzene rings is 2. The summed E-state index contributed by atoms with van der Waals surface area (Å²) in [6, 6.07) is 15.3. The van der Waals surface area contributed by atoms with Gasteiger partial charge in [0.2, 0.25) is 11.7 Å². The predicted molar refractivity (Wildman–Crippen MR) is 97.3 cm³/mol. The highest BCUT2D eigenvalue weighted by Crippen LogP contribution is 2.16. The van der Waals surface area contributed by atoms with E-state index >= 15 is 0 Å². The molecule has 1 aliphatic heterocycles. The number of carbonyl (C=O) groups is 1. The Balaban J connectivity index is 1.33. The predicted octanol–water partition coefficient (Wildman–Crippen LogP) is 2.83. The Kier molecular flexibility index (Phi) is 4.93. The Morgan fingerprint density at radius 2 is 1.70 bits per heavy atom. The van der Waals surface area contributed by atoms with E-state index in [9.17, 15) is 9.18 Å². The lowest BCUT2D eigenvalue weighted by molar-refractivity contribution is 0.0615. The number of aromatic nitrogens is 2. The number of halogens is 1. The molecule has 3 aromatic rings. The molecule has 138 valence electrons. The third-order valence-corrected chi connectivity index (χ3v) is 4.61. The molecule has 0 radical (unpaired) electrons. The molecule has 0 unspecified atom stereocenters. The highest BCUT2D eigenvalue weighted by molar-refractivity contribution is 5.94. The zero-order chi connectivity index (χ0) is 18.6. The Labute approximate surface area is 156 Å². The van der Waals surface area contributed by atoms with Crippen molar-refractivity contribution in [1.29, 1.82) is 0 Å². The third kappa shape index (κ3) is 4.03. The molecule has 2 heterocycles. The normalized spacial score (nSPS) is 15.1. The van der Waals surface area contributed by atoms with Crippen LogP contribution in [0.5, 0.6) is 0 Å². The summed E-state index contributed by atoms with van der Waals surface area (Å²) in [5.41, 5.74) is 1.43. The second-order valence-electron chi connectivity index (χ2n) is 6.45. The van der Waals surface area contributed by atoms with Gasteiger partial charge in [0.25, 0.3) is 5.91 Å². The first kappa shape index (κ1) is 17.4. The topological polar surface area (TPSA) is 62.5 Å². The van der Waals surface area contributed by atoms with E-state index in [1.54, 1.807) is 4.90 Å². The van der Waals surface area contributed by atoms with Crippen LogP contribution in [0.3, 0.4) is 0 Å². The Morgan fingerprint density at radius 3 is 2.41 bits per heavy atom. The summed E-state index contributed by atoms with van der Waals surface area (Å²) in [4.78, 5) is 20.9. The number of carbonyl (C=O) groups excluding carboxylic acids is 1. The van der Waals surface area contributed by atoms with Crippen LogP contribution in [-0.4, -0.2) is 52.0 Å². The van der Waals surface area contributed by atoms with Crippen LogP contribution in [0.1, 0.15) is 16.2 Å². The van der Waals surface area contributed by atoms with Crippen LogP contribution in [0.2, 0.25) is 0 Å². The second-order valence-corrected chi connectivity index (χ2v) is 6.45. The minimum absolute atomic E-state index is 0.0706. The summed E-state index contributed by atoms with van der Waals surface area (Å²) >= 11 is 0. The van der Waals surface area contributed by atoms with Gasteiger partial charge in [0, 0.05) is 37.3 Å². The Hall–Kier alpha value is -3.06. The van der Waals surface area contributed by atoms with Crippen LogP contribution in [0.25, 0.3) is 11.4 Å². The lowest BCUT2D eigenvalue weighted by atomic mass is 10.2. The van der Waals surface area contributed by atoms with E-state index < -0.39 is 0 Å². The minimum atomic E-state index is -0.342. The van der Waals surface area contributed by atoms with Crippen LogP contribution in [0.15, 0.2) is 59.1 Å². The summed E-state index contributed by atoms with van der Waals surface area (Å²) in [7, 11) is 0. The van der Waals surface area contributed by atoms with Crippen molar-refractivity contribution in [2.45, 2.75) is 6.54 Å². The zero-order valence-electron chi connectivity index (χ0n) is 14.7. The average Bonchev–Trinajstić information content (AvgIpc) is 3.18. The molecule has 7 heteroatoms. The minimum Gasteiger partial charge on any atom is -0.338 e. The van der Waals surface area contributed by atoms with E-state index in [4.69, 9.17) is 4.52 Å². The lowest BCUT2D eigenvalue weighted by Crippen LogP contribution is -2.48. The van der Waals surface area contributed by atoms with Crippen molar-refractivity contribution in [2.24, 2.45) is 0 Å². The molecule has 0 N–H and O–H groups in total. The van der Waals surface area contributed by atoms with Crippen molar-refractivity contribution in [2.75, 3.05) is 26.2 Å². The molecule has 0 aliphatic carbocycles. The number of amides is 1. The van der Waals surface area contributed by atoms with E-state index in [0.29, 0.717) is 36.9 Å². The first-order valence-electron chi connectivity index (χ1n) is 8.84. The van der Waals surface area contributed by atoms with Gasteiger partial charge < -0.3 is 9.42 Å². The summed E-state index contributed by atoms with van der Waals surface area (Å²) in [5, 5.41) is 4.03. The fourth-order valence-electron chi connectivity index (χ4n) is 3.10. The maximum absolute atomic E-state index is 13.0. The molecule has 0 spiro atoms. The van der Waals surface area contributed by atoms with Crippen molar-refractivity contribution in [3.63, 3.8) is 0 Å². The fourth-order valence-corrected chi connectivity index (χ4v) is 3.10. The van der Waals surface area contributed by atoms with Gasteiger partial charge in [0.05, 0.1) is 6.54 Å². The van der Waals surface area contributed by atoms with Gasteiger partial charge in [-0.25, -0.2) is 4.39 Å². The van der Waals surface area contributed by atoms with E-state index in [1.807, 2.05) is 30.3 Å². The molecule has 4 rings (SSSR count). The SMILES string of the molecule is O=C(c1ccc(F)cc1)N1CCN(Cc2nc(-c3ccccc3)no2)CC1. The van der Waals surface area contributed by atoms with Crippen LogP contribution in [0.4, 0.5) is 4.39 Å². The summed E-state index contributed by atoms with van der Waals surface area (Å²) in [6.45, 7) is 3.20. The molecule has 0 bridgehead atoms. The van der Waals surface area contributed by atoms with Gasteiger partial charge in [-0.15, -0.1) is 0 Å². The van der Waals surface area contributed by atoms with Gasteiger partial charge in [0.1, 0.15) is 5.82 Å². The molecule has 27 heavy (non-hydrogen) atoms. The van der Waals surface area contributed by atoms with Crippen LogP contribution in [0, 0.1) is 5.82 Å². The molecule has 1 aromatic heterocycles. The van der Waals surface area contributed by atoms with Crippen LogP contribution in [-0.2, 0) is 6.54 Å².